The largest absolute Gasteiger partial charge is 0.493 e. The Morgan fingerprint density at radius 3 is 2.71 bits per heavy atom. The fraction of sp³-hybridized carbons (Fsp3) is 0.619. The molecule has 0 unspecified atom stereocenters. The van der Waals surface area contributed by atoms with Crippen molar-refractivity contribution >= 4 is 12.1 Å². The lowest BCUT2D eigenvalue weighted by Gasteiger charge is -2.39. The Labute approximate surface area is 165 Å². The number of amides is 1. The summed E-state index contributed by atoms with van der Waals surface area (Å²) in [6, 6.07) is 5.66. The highest BCUT2D eigenvalue weighted by Crippen LogP contribution is 2.51. The Bertz CT molecular complexity index is 756. The molecule has 7 nitrogen and oxygen atoms in total. The number of carbonyl (C=O) groups is 2. The molecule has 2 heterocycles. The zero-order valence-electron chi connectivity index (χ0n) is 17.2. The maximum Gasteiger partial charge on any atom is 0.410 e. The minimum Gasteiger partial charge on any atom is -0.493 e. The van der Waals surface area contributed by atoms with Gasteiger partial charge in [0.1, 0.15) is 5.60 Å². The lowest BCUT2D eigenvalue weighted by Crippen LogP contribution is -2.44. The van der Waals surface area contributed by atoms with Crippen LogP contribution < -0.4 is 9.47 Å². The van der Waals surface area contributed by atoms with Crippen molar-refractivity contribution < 1.29 is 28.5 Å². The SMILES string of the molecule is CCOC(=O)[C@@H]1CN(C(=O)OC(C)(C)C)C[C@]12CCOc1c(OC)cccc12. The molecule has 0 N–H and O–H groups in total. The van der Waals surface area contributed by atoms with Crippen molar-refractivity contribution in [3.05, 3.63) is 23.8 Å². The molecule has 1 aromatic carbocycles. The maximum atomic E-state index is 12.9. The van der Waals surface area contributed by atoms with Crippen molar-refractivity contribution in [2.75, 3.05) is 33.4 Å². The van der Waals surface area contributed by atoms with Gasteiger partial charge in [0.25, 0.3) is 0 Å². The summed E-state index contributed by atoms with van der Waals surface area (Å²) in [5.41, 5.74) is -0.323. The van der Waals surface area contributed by atoms with Crippen molar-refractivity contribution in [1.29, 1.82) is 0 Å². The van der Waals surface area contributed by atoms with Crippen molar-refractivity contribution in [2.45, 2.75) is 45.1 Å². The van der Waals surface area contributed by atoms with Crippen LogP contribution in [-0.4, -0.2) is 56.0 Å². The van der Waals surface area contributed by atoms with Gasteiger partial charge in [-0.05, 0) is 40.2 Å². The van der Waals surface area contributed by atoms with Crippen LogP contribution >= 0.6 is 0 Å². The number of benzene rings is 1. The summed E-state index contributed by atoms with van der Waals surface area (Å²) in [5.74, 6) is 0.463. The number of para-hydroxylation sites is 1. The Morgan fingerprint density at radius 1 is 1.32 bits per heavy atom. The van der Waals surface area contributed by atoms with E-state index in [1.807, 2.05) is 39.0 Å². The standard InChI is InChI=1S/C21H29NO6/c1-6-26-18(23)15-12-22(19(24)28-20(2,3)4)13-21(15)10-11-27-17-14(21)8-7-9-16(17)25-5/h7-9,15H,6,10-13H2,1-5H3/t15-,21-/m0/s1. The molecule has 7 heteroatoms. The van der Waals surface area contributed by atoms with Crippen molar-refractivity contribution in [3.63, 3.8) is 0 Å². The van der Waals surface area contributed by atoms with Crippen LogP contribution in [0.4, 0.5) is 4.79 Å². The molecular weight excluding hydrogens is 362 g/mol. The van der Waals surface area contributed by atoms with E-state index in [2.05, 4.69) is 0 Å². The first-order chi connectivity index (χ1) is 13.2. The minimum atomic E-state index is -0.608. The van der Waals surface area contributed by atoms with Crippen LogP contribution in [0.5, 0.6) is 11.5 Å². The number of rotatable bonds is 3. The molecule has 0 aliphatic carbocycles. The van der Waals surface area contributed by atoms with Crippen molar-refractivity contribution in [3.8, 4) is 11.5 Å². The highest BCUT2D eigenvalue weighted by molar-refractivity contribution is 5.79. The second-order valence-electron chi connectivity index (χ2n) is 8.26. The molecule has 1 spiro atoms. The number of fused-ring (bicyclic) bond motifs is 2. The molecule has 0 saturated carbocycles. The maximum absolute atomic E-state index is 12.9. The fourth-order valence-corrected chi connectivity index (χ4v) is 4.13. The molecule has 1 fully saturated rings. The summed E-state index contributed by atoms with van der Waals surface area (Å²) in [4.78, 5) is 27.2. The van der Waals surface area contributed by atoms with Gasteiger partial charge in [0.15, 0.2) is 11.5 Å². The Hall–Kier alpha value is -2.44. The predicted molar refractivity (Wildman–Crippen MR) is 103 cm³/mol. The minimum absolute atomic E-state index is 0.254. The third-order valence-corrected chi connectivity index (χ3v) is 5.30. The van der Waals surface area contributed by atoms with Crippen LogP contribution in [0.3, 0.4) is 0 Å². The smallest absolute Gasteiger partial charge is 0.410 e. The number of hydrogen-bond donors (Lipinski definition) is 0. The molecule has 2 atom stereocenters. The highest BCUT2D eigenvalue weighted by atomic mass is 16.6. The molecule has 1 saturated heterocycles. The summed E-state index contributed by atoms with van der Waals surface area (Å²) >= 11 is 0. The van der Waals surface area contributed by atoms with Crippen LogP contribution in [0.1, 0.15) is 39.7 Å². The Morgan fingerprint density at radius 2 is 2.07 bits per heavy atom. The summed E-state index contributed by atoms with van der Waals surface area (Å²) < 4.78 is 22.3. The third-order valence-electron chi connectivity index (χ3n) is 5.30. The summed E-state index contributed by atoms with van der Waals surface area (Å²) in [6.07, 6.45) is 0.185. The first-order valence-corrected chi connectivity index (χ1v) is 9.66. The molecule has 0 bridgehead atoms. The first kappa shape index (κ1) is 20.3. The zero-order chi connectivity index (χ0) is 20.5. The molecule has 2 aliphatic rings. The van der Waals surface area contributed by atoms with E-state index >= 15 is 0 Å². The molecule has 28 heavy (non-hydrogen) atoms. The van der Waals surface area contributed by atoms with E-state index < -0.39 is 23.0 Å². The third kappa shape index (κ3) is 3.62. The van der Waals surface area contributed by atoms with E-state index in [1.54, 1.807) is 18.9 Å². The topological polar surface area (TPSA) is 74.3 Å². The molecular formula is C21H29NO6. The lowest BCUT2D eigenvalue weighted by molar-refractivity contribution is -0.149. The van der Waals surface area contributed by atoms with Crippen LogP contribution in [0, 0.1) is 5.92 Å². The summed E-state index contributed by atoms with van der Waals surface area (Å²) in [6.45, 7) is 8.62. The van der Waals surface area contributed by atoms with E-state index in [9.17, 15) is 9.59 Å². The average Bonchev–Trinajstić information content (AvgIpc) is 3.01. The van der Waals surface area contributed by atoms with Crippen LogP contribution in [0.15, 0.2) is 18.2 Å². The van der Waals surface area contributed by atoms with Gasteiger partial charge in [-0.3, -0.25) is 4.79 Å². The average molecular weight is 391 g/mol. The lowest BCUT2D eigenvalue weighted by atomic mass is 9.69. The van der Waals surface area contributed by atoms with Crippen molar-refractivity contribution in [1.82, 2.24) is 4.90 Å². The quantitative estimate of drug-likeness (QED) is 0.737. The fourth-order valence-electron chi connectivity index (χ4n) is 4.13. The predicted octanol–water partition coefficient (Wildman–Crippen LogP) is 3.15. The molecule has 154 valence electrons. The molecule has 3 rings (SSSR count). The van der Waals surface area contributed by atoms with Gasteiger partial charge in [0.05, 0.1) is 26.2 Å². The van der Waals surface area contributed by atoms with Crippen LogP contribution in [0.2, 0.25) is 0 Å². The number of nitrogens with zero attached hydrogens (tertiary/aromatic N) is 1. The first-order valence-electron chi connectivity index (χ1n) is 9.66. The van der Waals surface area contributed by atoms with E-state index in [1.165, 1.54) is 0 Å². The van der Waals surface area contributed by atoms with E-state index in [0.29, 0.717) is 37.7 Å². The van der Waals surface area contributed by atoms with Gasteiger partial charge < -0.3 is 23.8 Å². The molecule has 1 amide bonds. The number of likely N-dealkylation sites (tertiary alicyclic amines) is 1. The van der Waals surface area contributed by atoms with Gasteiger partial charge in [-0.2, -0.15) is 0 Å². The second kappa shape index (κ2) is 7.53. The van der Waals surface area contributed by atoms with Gasteiger partial charge in [-0.25, -0.2) is 4.79 Å². The molecule has 0 aromatic heterocycles. The Kier molecular flexibility index (Phi) is 5.46. The van der Waals surface area contributed by atoms with Gasteiger partial charge in [-0.15, -0.1) is 0 Å². The van der Waals surface area contributed by atoms with E-state index in [-0.39, 0.29) is 12.5 Å². The van der Waals surface area contributed by atoms with Gasteiger partial charge in [0, 0.05) is 24.1 Å². The van der Waals surface area contributed by atoms with Crippen molar-refractivity contribution in [2.24, 2.45) is 5.92 Å². The molecule has 2 aliphatic heterocycles. The normalized spacial score (nSPS) is 23.8. The summed E-state index contributed by atoms with van der Waals surface area (Å²) in [7, 11) is 1.59. The highest BCUT2D eigenvalue weighted by Gasteiger charge is 2.56. The number of carbonyl (C=O) groups excluding carboxylic acids is 2. The van der Waals surface area contributed by atoms with Gasteiger partial charge in [0.2, 0.25) is 0 Å². The number of esters is 1. The van der Waals surface area contributed by atoms with Gasteiger partial charge >= 0.3 is 12.1 Å². The molecule has 1 aromatic rings. The monoisotopic (exact) mass is 391 g/mol. The zero-order valence-corrected chi connectivity index (χ0v) is 17.2. The van der Waals surface area contributed by atoms with Crippen LogP contribution in [0.25, 0.3) is 0 Å². The number of ether oxygens (including phenoxy) is 4. The number of methoxy groups -OCH3 is 1. The van der Waals surface area contributed by atoms with Gasteiger partial charge in [-0.1, -0.05) is 12.1 Å². The number of hydrogen-bond acceptors (Lipinski definition) is 6. The van der Waals surface area contributed by atoms with Crippen LogP contribution in [-0.2, 0) is 19.7 Å². The Balaban J connectivity index is 2.02. The van der Waals surface area contributed by atoms with E-state index in [4.69, 9.17) is 18.9 Å². The molecule has 0 radical (unpaired) electrons. The van der Waals surface area contributed by atoms with E-state index in [0.717, 1.165) is 5.56 Å². The summed E-state index contributed by atoms with van der Waals surface area (Å²) in [5, 5.41) is 0. The second-order valence-corrected chi connectivity index (χ2v) is 8.26.